The molecule has 0 aromatic rings. The Labute approximate surface area is 216 Å². The quantitative estimate of drug-likeness (QED) is 0.0760. The van der Waals surface area contributed by atoms with Crippen molar-refractivity contribution >= 4 is 17.7 Å². The van der Waals surface area contributed by atoms with E-state index in [1.165, 1.54) is 18.6 Å². The third kappa shape index (κ3) is 15.2. The second kappa shape index (κ2) is 17.8. The molecule has 0 N–H and O–H groups in total. The monoisotopic (exact) mass is 496 g/mol. The number of hydrazone groups is 1. The van der Waals surface area contributed by atoms with Gasteiger partial charge in [-0.2, -0.15) is 5.10 Å². The first-order valence-corrected chi connectivity index (χ1v) is 13.9. The Morgan fingerprint density at radius 3 is 1.43 bits per heavy atom. The minimum atomic E-state index is -0.382. The van der Waals surface area contributed by atoms with E-state index in [-0.39, 0.29) is 22.8 Å². The van der Waals surface area contributed by atoms with Crippen molar-refractivity contribution in [3.63, 3.8) is 0 Å². The average molecular weight is 497 g/mol. The van der Waals surface area contributed by atoms with Crippen LogP contribution in [0.4, 0.5) is 0 Å². The highest BCUT2D eigenvalue weighted by Crippen LogP contribution is 2.23. The Balaban J connectivity index is 4.21. The van der Waals surface area contributed by atoms with Gasteiger partial charge in [-0.25, -0.2) is 0 Å². The minimum absolute atomic E-state index is 0.0847. The molecule has 0 aromatic heterocycles. The van der Waals surface area contributed by atoms with Crippen molar-refractivity contribution in [2.24, 2.45) is 21.8 Å². The number of hydrogen-bond acceptors (Lipinski definition) is 6. The standard InChI is InChI=1S/C29H56N2O4/c1-10-28(4,5)26(32)34-22-18-14-12-16-20-25(24(3)30-31(8)9)21-17-13-15-19-23-35-27(33)29(6,7)11-2/h25H,10-23H2,1-9H3/b30-24+. The summed E-state index contributed by atoms with van der Waals surface area (Å²) in [6, 6.07) is 0. The lowest BCUT2D eigenvalue weighted by atomic mass is 9.90. The zero-order valence-corrected chi connectivity index (χ0v) is 24.5. The lowest BCUT2D eigenvalue weighted by Crippen LogP contribution is -2.26. The summed E-state index contributed by atoms with van der Waals surface area (Å²) in [6.45, 7) is 15.0. The molecule has 0 aromatic carbocycles. The van der Waals surface area contributed by atoms with E-state index < -0.39 is 0 Å². The van der Waals surface area contributed by atoms with Crippen LogP contribution < -0.4 is 0 Å². The lowest BCUT2D eigenvalue weighted by Gasteiger charge is -2.20. The van der Waals surface area contributed by atoms with Crippen LogP contribution >= 0.6 is 0 Å². The first kappa shape index (κ1) is 33.4. The topological polar surface area (TPSA) is 68.2 Å². The van der Waals surface area contributed by atoms with Crippen molar-refractivity contribution in [2.45, 2.75) is 126 Å². The minimum Gasteiger partial charge on any atom is -0.465 e. The fourth-order valence-corrected chi connectivity index (χ4v) is 3.66. The van der Waals surface area contributed by atoms with Crippen molar-refractivity contribution in [3.8, 4) is 0 Å². The van der Waals surface area contributed by atoms with Crippen LogP contribution in [0.2, 0.25) is 0 Å². The van der Waals surface area contributed by atoms with Gasteiger partial charge in [0, 0.05) is 19.8 Å². The highest BCUT2D eigenvalue weighted by Gasteiger charge is 2.27. The Morgan fingerprint density at radius 1 is 0.714 bits per heavy atom. The third-order valence-electron chi connectivity index (χ3n) is 7.18. The summed E-state index contributed by atoms with van der Waals surface area (Å²) in [5.74, 6) is 0.334. The summed E-state index contributed by atoms with van der Waals surface area (Å²) >= 11 is 0. The van der Waals surface area contributed by atoms with Crippen molar-refractivity contribution in [2.75, 3.05) is 27.3 Å². The molecule has 0 saturated carbocycles. The Hall–Kier alpha value is -1.59. The van der Waals surface area contributed by atoms with Crippen LogP contribution in [0.5, 0.6) is 0 Å². The smallest absolute Gasteiger partial charge is 0.311 e. The van der Waals surface area contributed by atoms with Crippen LogP contribution in [0.15, 0.2) is 5.10 Å². The number of nitrogens with zero attached hydrogens (tertiary/aromatic N) is 2. The van der Waals surface area contributed by atoms with Crippen LogP contribution in [0.25, 0.3) is 0 Å². The van der Waals surface area contributed by atoms with Crippen LogP contribution in [-0.4, -0.2) is 50.0 Å². The molecule has 0 radical (unpaired) electrons. The molecular formula is C29H56N2O4. The molecule has 0 aliphatic carbocycles. The molecule has 6 nitrogen and oxygen atoms in total. The third-order valence-corrected chi connectivity index (χ3v) is 7.18. The normalized spacial score (nSPS) is 12.7. The maximum atomic E-state index is 12.0. The molecule has 0 atom stereocenters. The fourth-order valence-electron chi connectivity index (χ4n) is 3.66. The molecule has 0 heterocycles. The van der Waals surface area contributed by atoms with Gasteiger partial charge in [-0.3, -0.25) is 9.59 Å². The van der Waals surface area contributed by atoms with E-state index in [9.17, 15) is 9.59 Å². The molecule has 0 amide bonds. The summed E-state index contributed by atoms with van der Waals surface area (Å²) in [6.07, 6.45) is 12.6. The van der Waals surface area contributed by atoms with Crippen LogP contribution in [0.1, 0.15) is 126 Å². The van der Waals surface area contributed by atoms with E-state index in [0.29, 0.717) is 19.1 Å². The SMILES string of the molecule is CCC(C)(C)C(=O)OCCCCCCC(CCCCCCOC(=O)C(C)(C)CC)/C(C)=N/N(C)C. The average Bonchev–Trinajstić information content (AvgIpc) is 2.80. The number of ether oxygens (including phenoxy) is 2. The highest BCUT2D eigenvalue weighted by atomic mass is 16.5. The van der Waals surface area contributed by atoms with Crippen molar-refractivity contribution < 1.29 is 19.1 Å². The molecule has 0 saturated heterocycles. The van der Waals surface area contributed by atoms with Crippen LogP contribution in [-0.2, 0) is 19.1 Å². The fraction of sp³-hybridized carbons (Fsp3) is 0.897. The Bertz CT molecular complexity index is 584. The predicted molar refractivity (Wildman–Crippen MR) is 147 cm³/mol. The maximum Gasteiger partial charge on any atom is 0.311 e. The maximum absolute atomic E-state index is 12.0. The lowest BCUT2D eigenvalue weighted by molar-refractivity contribution is -0.155. The molecule has 0 bridgehead atoms. The zero-order chi connectivity index (χ0) is 26.9. The second-order valence-corrected chi connectivity index (χ2v) is 11.4. The Morgan fingerprint density at radius 2 is 1.09 bits per heavy atom. The molecule has 6 heteroatoms. The highest BCUT2D eigenvalue weighted by molar-refractivity contribution is 5.84. The van der Waals surface area contributed by atoms with Gasteiger partial charge in [0.15, 0.2) is 0 Å². The molecule has 0 aliphatic rings. The van der Waals surface area contributed by atoms with Gasteiger partial charge >= 0.3 is 11.9 Å². The zero-order valence-electron chi connectivity index (χ0n) is 24.5. The molecule has 0 spiro atoms. The van der Waals surface area contributed by atoms with E-state index in [1.54, 1.807) is 0 Å². The number of carbonyl (C=O) groups is 2. The predicted octanol–water partition coefficient (Wildman–Crippen LogP) is 7.40. The van der Waals surface area contributed by atoms with Gasteiger partial charge in [-0.15, -0.1) is 0 Å². The molecule has 35 heavy (non-hydrogen) atoms. The van der Waals surface area contributed by atoms with Gasteiger partial charge < -0.3 is 14.5 Å². The van der Waals surface area contributed by atoms with Gasteiger partial charge in [0.25, 0.3) is 0 Å². The molecule has 206 valence electrons. The summed E-state index contributed by atoms with van der Waals surface area (Å²) in [7, 11) is 3.95. The number of hydrogen-bond donors (Lipinski definition) is 0. The first-order valence-electron chi connectivity index (χ1n) is 13.9. The van der Waals surface area contributed by atoms with Crippen molar-refractivity contribution in [1.82, 2.24) is 5.01 Å². The van der Waals surface area contributed by atoms with Crippen LogP contribution in [0.3, 0.4) is 0 Å². The summed E-state index contributed by atoms with van der Waals surface area (Å²) in [5.41, 5.74) is 0.446. The number of unbranched alkanes of at least 4 members (excludes halogenated alkanes) is 6. The van der Waals surface area contributed by atoms with E-state index in [4.69, 9.17) is 9.47 Å². The van der Waals surface area contributed by atoms with E-state index in [2.05, 4.69) is 12.0 Å². The summed E-state index contributed by atoms with van der Waals surface area (Å²) in [4.78, 5) is 24.1. The van der Waals surface area contributed by atoms with E-state index in [0.717, 1.165) is 64.2 Å². The summed E-state index contributed by atoms with van der Waals surface area (Å²) < 4.78 is 10.9. The number of carbonyl (C=O) groups excluding carboxylic acids is 2. The molecule has 0 aliphatic heterocycles. The van der Waals surface area contributed by atoms with Gasteiger partial charge in [-0.1, -0.05) is 52.4 Å². The van der Waals surface area contributed by atoms with Crippen molar-refractivity contribution in [3.05, 3.63) is 0 Å². The molecule has 0 fully saturated rings. The van der Waals surface area contributed by atoms with Gasteiger partial charge in [0.2, 0.25) is 0 Å². The van der Waals surface area contributed by atoms with Crippen molar-refractivity contribution in [1.29, 1.82) is 0 Å². The molecule has 0 unspecified atom stereocenters. The molecule has 0 rings (SSSR count). The number of rotatable bonds is 20. The molecular weight excluding hydrogens is 440 g/mol. The van der Waals surface area contributed by atoms with E-state index >= 15 is 0 Å². The first-order chi connectivity index (χ1) is 16.4. The number of esters is 2. The van der Waals surface area contributed by atoms with Gasteiger partial charge in [0.05, 0.1) is 24.0 Å². The van der Waals surface area contributed by atoms with Gasteiger partial charge in [-0.05, 0) is 79.1 Å². The Kier molecular flexibility index (Phi) is 17.0. The van der Waals surface area contributed by atoms with Crippen LogP contribution in [0, 0.1) is 16.7 Å². The largest absolute Gasteiger partial charge is 0.465 e. The second-order valence-electron chi connectivity index (χ2n) is 11.4. The van der Waals surface area contributed by atoms with E-state index in [1.807, 2.05) is 60.6 Å². The van der Waals surface area contributed by atoms with Gasteiger partial charge in [0.1, 0.15) is 0 Å². The summed E-state index contributed by atoms with van der Waals surface area (Å²) in [5, 5.41) is 6.56.